The van der Waals surface area contributed by atoms with Gasteiger partial charge in [-0.25, -0.2) is 4.98 Å². The topological polar surface area (TPSA) is 105 Å². The van der Waals surface area contributed by atoms with Gasteiger partial charge in [0.05, 0.1) is 26.3 Å². The van der Waals surface area contributed by atoms with Crippen LogP contribution in [0.15, 0.2) is 89.9 Å². The van der Waals surface area contributed by atoms with Crippen LogP contribution in [0.25, 0.3) is 10.9 Å². The van der Waals surface area contributed by atoms with Gasteiger partial charge in [-0.1, -0.05) is 61.9 Å². The summed E-state index contributed by atoms with van der Waals surface area (Å²) in [6.45, 7) is 10.1. The number of nitrogens with one attached hydrogen (secondary N) is 1. The van der Waals surface area contributed by atoms with Crippen molar-refractivity contribution in [3.05, 3.63) is 118 Å². The first-order valence-electron chi connectivity index (χ1n) is 18.0. The number of amides is 1. The van der Waals surface area contributed by atoms with Crippen molar-refractivity contribution in [1.29, 1.82) is 0 Å². The Labute approximate surface area is 305 Å². The minimum atomic E-state index is -0.132. The molecule has 11 nitrogen and oxygen atoms in total. The molecule has 11 heteroatoms. The molecule has 0 radical (unpaired) electrons. The van der Waals surface area contributed by atoms with Gasteiger partial charge in [-0.15, -0.1) is 0 Å². The maximum atomic E-state index is 14.1. The molecule has 1 saturated heterocycles. The highest BCUT2D eigenvalue weighted by Crippen LogP contribution is 2.25. The average molecular weight is 704 g/mol. The van der Waals surface area contributed by atoms with Gasteiger partial charge < -0.3 is 29.2 Å². The predicted octanol–water partition coefficient (Wildman–Crippen LogP) is 5.94. The normalized spacial score (nSPS) is 13.3. The van der Waals surface area contributed by atoms with Crippen molar-refractivity contribution >= 4 is 28.6 Å². The van der Waals surface area contributed by atoms with E-state index < -0.39 is 0 Å². The summed E-state index contributed by atoms with van der Waals surface area (Å²) in [7, 11) is 3.32. The molecular formula is C41H49N7O4. The van der Waals surface area contributed by atoms with Gasteiger partial charge in [0.1, 0.15) is 22.7 Å². The SMILES string of the molecule is CCCCNc1nc(N(Cc2ccc(OC)cc2)Cc2ccc(OC)cc2)nc2ccn(Cc3ccc(CN4CCN(C(C)=O)CC4)cc3)c(=O)c12. The van der Waals surface area contributed by atoms with E-state index in [1.807, 2.05) is 65.7 Å². The fourth-order valence-electron chi connectivity index (χ4n) is 6.47. The Kier molecular flexibility index (Phi) is 12.0. The third kappa shape index (κ3) is 9.08. The van der Waals surface area contributed by atoms with Gasteiger partial charge in [0.2, 0.25) is 11.9 Å². The van der Waals surface area contributed by atoms with Crippen LogP contribution < -0.4 is 25.2 Å². The number of benzene rings is 3. The second-order valence-corrected chi connectivity index (χ2v) is 13.3. The number of carbonyl (C=O) groups is 1. The summed E-state index contributed by atoms with van der Waals surface area (Å²) in [5, 5.41) is 3.96. The molecule has 5 aromatic rings. The van der Waals surface area contributed by atoms with E-state index in [1.54, 1.807) is 25.7 Å². The molecule has 0 bridgehead atoms. The quantitative estimate of drug-likeness (QED) is 0.133. The molecule has 1 amide bonds. The second kappa shape index (κ2) is 17.2. The second-order valence-electron chi connectivity index (χ2n) is 13.3. The van der Waals surface area contributed by atoms with Gasteiger partial charge in [-0.2, -0.15) is 4.98 Å². The zero-order valence-corrected chi connectivity index (χ0v) is 30.7. The van der Waals surface area contributed by atoms with Gasteiger partial charge in [-0.05, 0) is 59.0 Å². The molecule has 0 saturated carbocycles. The number of anilines is 2. The van der Waals surface area contributed by atoms with Gasteiger partial charge in [0.25, 0.3) is 5.56 Å². The summed E-state index contributed by atoms with van der Waals surface area (Å²) in [6, 6.07) is 26.4. The summed E-state index contributed by atoms with van der Waals surface area (Å²) in [6.07, 6.45) is 3.79. The largest absolute Gasteiger partial charge is 0.497 e. The zero-order chi connectivity index (χ0) is 36.5. The molecule has 0 unspecified atom stereocenters. The molecule has 0 spiro atoms. The van der Waals surface area contributed by atoms with E-state index in [4.69, 9.17) is 19.4 Å². The third-order valence-electron chi connectivity index (χ3n) is 9.58. The number of aromatic nitrogens is 3. The van der Waals surface area contributed by atoms with Gasteiger partial charge in [0, 0.05) is 65.5 Å². The molecule has 272 valence electrons. The fourth-order valence-corrected chi connectivity index (χ4v) is 6.47. The first-order valence-corrected chi connectivity index (χ1v) is 18.0. The van der Waals surface area contributed by atoms with Crippen molar-refractivity contribution in [3.63, 3.8) is 0 Å². The number of pyridine rings is 1. The number of hydrogen-bond donors (Lipinski definition) is 1. The van der Waals surface area contributed by atoms with Crippen molar-refractivity contribution in [2.45, 2.75) is 52.9 Å². The van der Waals surface area contributed by atoms with E-state index in [0.717, 1.165) is 73.8 Å². The summed E-state index contributed by atoms with van der Waals surface area (Å²) >= 11 is 0. The standard InChI is InChI=1S/C41H49N7O4/c1-5-6-20-42-39-38-37(19-21-47(40(38)50)27-32-9-7-31(8-10-32)26-45-22-24-46(25-23-45)30(2)49)43-41(44-39)48(28-33-11-15-35(51-3)16-12-33)29-34-13-17-36(52-4)18-14-34/h7-19,21H,5-6,20,22-29H2,1-4H3,(H,42,43,44). The number of carbonyl (C=O) groups excluding carboxylic acids is 1. The molecule has 0 aliphatic carbocycles. The average Bonchev–Trinajstić information content (AvgIpc) is 3.17. The summed E-state index contributed by atoms with van der Waals surface area (Å²) < 4.78 is 12.5. The van der Waals surface area contributed by atoms with Crippen molar-refractivity contribution in [2.75, 3.05) is 57.2 Å². The molecule has 6 rings (SSSR count). The Morgan fingerprint density at radius 2 is 1.33 bits per heavy atom. The number of methoxy groups -OCH3 is 2. The van der Waals surface area contributed by atoms with Crippen LogP contribution in [0.4, 0.5) is 11.8 Å². The van der Waals surface area contributed by atoms with Crippen LogP contribution in [0.3, 0.4) is 0 Å². The van der Waals surface area contributed by atoms with Crippen LogP contribution in [0, 0.1) is 0 Å². The minimum absolute atomic E-state index is 0.132. The van der Waals surface area contributed by atoms with Crippen molar-refractivity contribution < 1.29 is 14.3 Å². The predicted molar refractivity (Wildman–Crippen MR) is 206 cm³/mol. The first-order chi connectivity index (χ1) is 25.3. The third-order valence-corrected chi connectivity index (χ3v) is 9.58. The Hall–Kier alpha value is -5.42. The molecule has 1 N–H and O–H groups in total. The highest BCUT2D eigenvalue weighted by Gasteiger charge is 2.20. The van der Waals surface area contributed by atoms with E-state index in [0.29, 0.717) is 48.8 Å². The summed E-state index contributed by atoms with van der Waals surface area (Å²) in [4.78, 5) is 42.3. The molecule has 1 aliphatic heterocycles. The molecule has 52 heavy (non-hydrogen) atoms. The number of piperazine rings is 1. The number of ether oxygens (including phenoxy) is 2. The lowest BCUT2D eigenvalue weighted by Gasteiger charge is -2.34. The van der Waals surface area contributed by atoms with Crippen molar-refractivity contribution in [1.82, 2.24) is 24.3 Å². The smallest absolute Gasteiger partial charge is 0.264 e. The highest BCUT2D eigenvalue weighted by atomic mass is 16.5. The van der Waals surface area contributed by atoms with Crippen molar-refractivity contribution in [3.8, 4) is 11.5 Å². The number of fused-ring (bicyclic) bond motifs is 1. The Bertz CT molecular complexity index is 1940. The lowest BCUT2D eigenvalue weighted by atomic mass is 10.1. The van der Waals surface area contributed by atoms with E-state index in [-0.39, 0.29) is 11.5 Å². The van der Waals surface area contributed by atoms with Crippen LogP contribution in [0.1, 0.15) is 48.9 Å². The number of rotatable bonds is 15. The molecule has 1 fully saturated rings. The molecule has 3 aromatic carbocycles. The zero-order valence-electron chi connectivity index (χ0n) is 30.7. The Morgan fingerprint density at radius 1 is 0.769 bits per heavy atom. The first kappa shape index (κ1) is 36.4. The highest BCUT2D eigenvalue weighted by molar-refractivity contribution is 5.89. The van der Waals surface area contributed by atoms with Crippen LogP contribution in [0.5, 0.6) is 11.5 Å². The van der Waals surface area contributed by atoms with E-state index in [2.05, 4.69) is 46.3 Å². The molecule has 0 atom stereocenters. The number of unbranched alkanes of at least 4 members (excludes halogenated alkanes) is 1. The Balaban J connectivity index is 1.27. The molecular weight excluding hydrogens is 654 g/mol. The van der Waals surface area contributed by atoms with Crippen LogP contribution >= 0.6 is 0 Å². The van der Waals surface area contributed by atoms with Gasteiger partial charge in [-0.3, -0.25) is 14.5 Å². The maximum absolute atomic E-state index is 14.1. The lowest BCUT2D eigenvalue weighted by molar-refractivity contribution is -0.130. The maximum Gasteiger partial charge on any atom is 0.264 e. The minimum Gasteiger partial charge on any atom is -0.497 e. The lowest BCUT2D eigenvalue weighted by Crippen LogP contribution is -2.47. The van der Waals surface area contributed by atoms with E-state index in [1.165, 1.54) is 5.56 Å². The molecule has 1 aliphatic rings. The van der Waals surface area contributed by atoms with Crippen LogP contribution in [-0.4, -0.2) is 77.2 Å². The van der Waals surface area contributed by atoms with E-state index >= 15 is 0 Å². The monoisotopic (exact) mass is 703 g/mol. The van der Waals surface area contributed by atoms with Crippen molar-refractivity contribution in [2.24, 2.45) is 0 Å². The number of hydrogen-bond acceptors (Lipinski definition) is 9. The number of nitrogens with zero attached hydrogens (tertiary/aromatic N) is 6. The summed E-state index contributed by atoms with van der Waals surface area (Å²) in [5.41, 5.74) is 4.87. The summed E-state index contributed by atoms with van der Waals surface area (Å²) in [5.74, 6) is 2.81. The van der Waals surface area contributed by atoms with E-state index in [9.17, 15) is 9.59 Å². The molecule has 3 heterocycles. The van der Waals surface area contributed by atoms with Gasteiger partial charge in [0.15, 0.2) is 0 Å². The van der Waals surface area contributed by atoms with Crippen LogP contribution in [-0.2, 0) is 31.0 Å². The fraction of sp³-hybridized carbons (Fsp3) is 0.366. The van der Waals surface area contributed by atoms with Gasteiger partial charge >= 0.3 is 0 Å². The van der Waals surface area contributed by atoms with Crippen LogP contribution in [0.2, 0.25) is 0 Å². The molecule has 2 aromatic heterocycles. The Morgan fingerprint density at radius 3 is 1.87 bits per heavy atom.